The second kappa shape index (κ2) is 7.51. The van der Waals surface area contributed by atoms with Crippen LogP contribution in [0, 0.1) is 5.92 Å². The van der Waals surface area contributed by atoms with Gasteiger partial charge < -0.3 is 14.4 Å². The molecule has 2 aromatic heterocycles. The van der Waals surface area contributed by atoms with Crippen LogP contribution >= 0.6 is 0 Å². The molecule has 2 aliphatic heterocycles. The topological polar surface area (TPSA) is 64.6 Å². The Kier molecular flexibility index (Phi) is 4.95. The first-order valence-corrected chi connectivity index (χ1v) is 9.08. The van der Waals surface area contributed by atoms with E-state index in [1.165, 1.54) is 0 Å². The van der Waals surface area contributed by atoms with E-state index in [9.17, 15) is 4.79 Å². The predicted octanol–water partition coefficient (Wildman–Crippen LogP) is 2.31. The van der Waals surface area contributed by atoms with Gasteiger partial charge in [0, 0.05) is 31.8 Å². The van der Waals surface area contributed by atoms with E-state index in [4.69, 9.17) is 9.47 Å². The highest BCUT2D eigenvalue weighted by molar-refractivity contribution is 5.93. The molecule has 1 atom stereocenters. The molecule has 4 rings (SSSR count). The van der Waals surface area contributed by atoms with E-state index in [1.54, 1.807) is 24.7 Å². The van der Waals surface area contributed by atoms with Crippen LogP contribution in [-0.2, 0) is 16.1 Å². The van der Waals surface area contributed by atoms with Crippen molar-refractivity contribution in [2.75, 3.05) is 26.3 Å². The standard InChI is InChI=1S/C20H23N3O3/c24-19(18-3-1-2-8-22-18)23-14-20(15-23)17(7-12-26-20)6-11-25-13-16-4-9-21-10-5-16/h1-5,8-10,17H,6-7,11-15H2/t17-/m1/s1. The summed E-state index contributed by atoms with van der Waals surface area (Å²) in [7, 11) is 0. The summed E-state index contributed by atoms with van der Waals surface area (Å²) in [4.78, 5) is 22.5. The lowest BCUT2D eigenvalue weighted by Gasteiger charge is -2.50. The second-order valence-electron chi connectivity index (χ2n) is 6.97. The number of carbonyl (C=O) groups excluding carboxylic acids is 1. The molecule has 0 radical (unpaired) electrons. The SMILES string of the molecule is O=C(c1ccccn1)N1CC2(C1)OCC[C@H]2CCOCc1ccncc1. The van der Waals surface area contributed by atoms with Crippen molar-refractivity contribution in [3.63, 3.8) is 0 Å². The first-order chi connectivity index (χ1) is 12.8. The fourth-order valence-corrected chi connectivity index (χ4v) is 3.83. The minimum Gasteiger partial charge on any atom is -0.377 e. The number of nitrogens with zero attached hydrogens (tertiary/aromatic N) is 3. The number of likely N-dealkylation sites (tertiary alicyclic amines) is 1. The minimum absolute atomic E-state index is 0.0144. The van der Waals surface area contributed by atoms with Gasteiger partial charge in [0.05, 0.1) is 19.7 Å². The Bertz CT molecular complexity index is 732. The highest BCUT2D eigenvalue weighted by Crippen LogP contribution is 2.42. The Balaban J connectivity index is 1.26. The zero-order valence-corrected chi connectivity index (χ0v) is 14.7. The third-order valence-electron chi connectivity index (χ3n) is 5.32. The molecule has 2 aromatic rings. The number of aromatic nitrogens is 2. The van der Waals surface area contributed by atoms with Crippen LogP contribution in [-0.4, -0.2) is 52.7 Å². The molecule has 2 saturated heterocycles. The number of carbonyl (C=O) groups is 1. The van der Waals surface area contributed by atoms with E-state index in [1.807, 2.05) is 29.2 Å². The van der Waals surface area contributed by atoms with Gasteiger partial charge in [-0.05, 0) is 48.6 Å². The zero-order chi connectivity index (χ0) is 17.8. The third kappa shape index (κ3) is 3.48. The number of hydrogen-bond acceptors (Lipinski definition) is 5. The first kappa shape index (κ1) is 17.1. The highest BCUT2D eigenvalue weighted by atomic mass is 16.5. The minimum atomic E-state index is -0.190. The fraction of sp³-hybridized carbons (Fsp3) is 0.450. The van der Waals surface area contributed by atoms with Crippen molar-refractivity contribution in [2.24, 2.45) is 5.92 Å². The van der Waals surface area contributed by atoms with Gasteiger partial charge in [0.15, 0.2) is 0 Å². The van der Waals surface area contributed by atoms with Crippen LogP contribution < -0.4 is 0 Å². The molecule has 0 aliphatic carbocycles. The van der Waals surface area contributed by atoms with Crippen LogP contribution in [0.5, 0.6) is 0 Å². The summed E-state index contributed by atoms with van der Waals surface area (Å²) in [6.07, 6.45) is 7.19. The van der Waals surface area contributed by atoms with E-state index in [-0.39, 0.29) is 11.5 Å². The molecule has 2 fully saturated rings. The average molecular weight is 353 g/mol. The molecular weight excluding hydrogens is 330 g/mol. The molecule has 136 valence electrons. The van der Waals surface area contributed by atoms with E-state index in [0.717, 1.165) is 25.0 Å². The molecule has 0 aromatic carbocycles. The number of pyridine rings is 2. The average Bonchev–Trinajstić information content (AvgIpc) is 3.09. The largest absolute Gasteiger partial charge is 0.377 e. The maximum absolute atomic E-state index is 12.5. The molecule has 0 bridgehead atoms. The van der Waals surface area contributed by atoms with Crippen molar-refractivity contribution in [1.82, 2.24) is 14.9 Å². The van der Waals surface area contributed by atoms with Gasteiger partial charge in [0.2, 0.25) is 0 Å². The molecule has 1 spiro atoms. The first-order valence-electron chi connectivity index (χ1n) is 9.08. The van der Waals surface area contributed by atoms with Crippen molar-refractivity contribution in [1.29, 1.82) is 0 Å². The summed E-state index contributed by atoms with van der Waals surface area (Å²) in [6.45, 7) is 3.37. The maximum Gasteiger partial charge on any atom is 0.272 e. The Morgan fingerprint density at radius 3 is 2.85 bits per heavy atom. The summed E-state index contributed by atoms with van der Waals surface area (Å²) in [5.41, 5.74) is 1.44. The fourth-order valence-electron chi connectivity index (χ4n) is 3.83. The van der Waals surface area contributed by atoms with Crippen LogP contribution in [0.25, 0.3) is 0 Å². The van der Waals surface area contributed by atoms with Crippen molar-refractivity contribution in [3.8, 4) is 0 Å². The molecule has 0 saturated carbocycles. The summed E-state index contributed by atoms with van der Waals surface area (Å²) in [5.74, 6) is 0.423. The van der Waals surface area contributed by atoms with Crippen LogP contribution in [0.15, 0.2) is 48.9 Å². The number of hydrogen-bond donors (Lipinski definition) is 0. The Morgan fingerprint density at radius 2 is 2.08 bits per heavy atom. The van der Waals surface area contributed by atoms with Gasteiger partial charge in [-0.15, -0.1) is 0 Å². The van der Waals surface area contributed by atoms with Gasteiger partial charge in [-0.1, -0.05) is 6.07 Å². The predicted molar refractivity (Wildman–Crippen MR) is 95.4 cm³/mol. The molecule has 26 heavy (non-hydrogen) atoms. The monoisotopic (exact) mass is 353 g/mol. The number of rotatable bonds is 6. The quantitative estimate of drug-likeness (QED) is 0.746. The lowest BCUT2D eigenvalue weighted by atomic mass is 9.79. The molecule has 6 nitrogen and oxygen atoms in total. The smallest absolute Gasteiger partial charge is 0.272 e. The van der Waals surface area contributed by atoms with E-state index in [2.05, 4.69) is 9.97 Å². The lowest BCUT2D eigenvalue weighted by Crippen LogP contribution is -2.66. The van der Waals surface area contributed by atoms with Crippen LogP contribution in [0.4, 0.5) is 0 Å². The molecular formula is C20H23N3O3. The van der Waals surface area contributed by atoms with Gasteiger partial charge in [-0.25, -0.2) is 0 Å². The van der Waals surface area contributed by atoms with Gasteiger partial charge in [-0.2, -0.15) is 0 Å². The molecule has 0 N–H and O–H groups in total. The van der Waals surface area contributed by atoms with Crippen molar-refractivity contribution < 1.29 is 14.3 Å². The van der Waals surface area contributed by atoms with Gasteiger partial charge in [0.1, 0.15) is 11.3 Å². The van der Waals surface area contributed by atoms with Crippen LogP contribution in [0.3, 0.4) is 0 Å². The summed E-state index contributed by atoms with van der Waals surface area (Å²) < 4.78 is 11.9. The van der Waals surface area contributed by atoms with Gasteiger partial charge in [-0.3, -0.25) is 14.8 Å². The van der Waals surface area contributed by atoms with Crippen LogP contribution in [0.2, 0.25) is 0 Å². The molecule has 2 aliphatic rings. The zero-order valence-electron chi connectivity index (χ0n) is 14.7. The van der Waals surface area contributed by atoms with E-state index >= 15 is 0 Å². The van der Waals surface area contributed by atoms with E-state index < -0.39 is 0 Å². The molecule has 0 unspecified atom stereocenters. The maximum atomic E-state index is 12.5. The number of ether oxygens (including phenoxy) is 2. The Labute approximate surface area is 153 Å². The number of amides is 1. The molecule has 1 amide bonds. The second-order valence-corrected chi connectivity index (χ2v) is 6.97. The van der Waals surface area contributed by atoms with Crippen molar-refractivity contribution in [2.45, 2.75) is 25.0 Å². The highest BCUT2D eigenvalue weighted by Gasteiger charge is 2.54. The summed E-state index contributed by atoms with van der Waals surface area (Å²) >= 11 is 0. The molecule has 4 heterocycles. The van der Waals surface area contributed by atoms with Crippen molar-refractivity contribution >= 4 is 5.91 Å². The van der Waals surface area contributed by atoms with E-state index in [0.29, 0.717) is 37.9 Å². The summed E-state index contributed by atoms with van der Waals surface area (Å²) in [5, 5.41) is 0. The van der Waals surface area contributed by atoms with Gasteiger partial charge in [0.25, 0.3) is 5.91 Å². The van der Waals surface area contributed by atoms with Gasteiger partial charge >= 0.3 is 0 Å². The van der Waals surface area contributed by atoms with Crippen LogP contribution in [0.1, 0.15) is 28.9 Å². The normalized spacial score (nSPS) is 20.9. The third-order valence-corrected chi connectivity index (χ3v) is 5.32. The summed E-state index contributed by atoms with van der Waals surface area (Å²) in [6, 6.07) is 9.34. The lowest BCUT2D eigenvalue weighted by molar-refractivity contribution is -0.120. The van der Waals surface area contributed by atoms with Crippen molar-refractivity contribution in [3.05, 3.63) is 60.2 Å². The Morgan fingerprint density at radius 1 is 1.23 bits per heavy atom. The Hall–Kier alpha value is -2.31. The molecule has 6 heteroatoms.